The summed E-state index contributed by atoms with van der Waals surface area (Å²) in [6.07, 6.45) is 0. The van der Waals surface area contributed by atoms with Gasteiger partial charge in [-0.05, 0) is 38.1 Å². The first-order valence-electron chi connectivity index (χ1n) is 8.22. The maximum Gasteiger partial charge on any atom is 0.322 e. The van der Waals surface area contributed by atoms with E-state index in [9.17, 15) is 22.9 Å². The molecule has 0 saturated carbocycles. The predicted molar refractivity (Wildman–Crippen MR) is 102 cm³/mol. The molecule has 29 heavy (non-hydrogen) atoms. The van der Waals surface area contributed by atoms with E-state index >= 15 is 0 Å². The standard InChI is InChI=1S/C18H15FN4O5S/c1-11-17(22-29(26,27)14-9-7-13(8-10-14)23(24)25)12(2)21-18(20-11)28-16-6-4-3-5-15(16)19/h3-10,22H,1-2H3. The molecule has 0 bridgehead atoms. The number of nitro groups is 1. The number of rotatable bonds is 6. The van der Waals surface area contributed by atoms with E-state index in [0.717, 1.165) is 24.3 Å². The van der Waals surface area contributed by atoms with Gasteiger partial charge >= 0.3 is 6.01 Å². The number of hydrogen-bond donors (Lipinski definition) is 1. The molecule has 0 unspecified atom stereocenters. The highest BCUT2D eigenvalue weighted by Gasteiger charge is 2.20. The number of nitro benzene ring substituents is 1. The van der Waals surface area contributed by atoms with Gasteiger partial charge in [-0.15, -0.1) is 0 Å². The second-order valence-electron chi connectivity index (χ2n) is 5.94. The molecule has 11 heteroatoms. The third-order valence-electron chi connectivity index (χ3n) is 3.88. The number of aromatic nitrogens is 2. The summed E-state index contributed by atoms with van der Waals surface area (Å²) in [4.78, 5) is 18.1. The Morgan fingerprint density at radius 1 is 1.03 bits per heavy atom. The van der Waals surface area contributed by atoms with E-state index in [4.69, 9.17) is 4.74 Å². The zero-order valence-corrected chi connectivity index (χ0v) is 16.1. The molecule has 1 aromatic heterocycles. The number of aryl methyl sites for hydroxylation is 2. The lowest BCUT2D eigenvalue weighted by atomic mass is 10.3. The second-order valence-corrected chi connectivity index (χ2v) is 7.62. The smallest absolute Gasteiger partial charge is 0.322 e. The number of benzene rings is 2. The van der Waals surface area contributed by atoms with Crippen molar-refractivity contribution in [2.45, 2.75) is 18.7 Å². The molecule has 0 spiro atoms. The molecule has 1 heterocycles. The van der Waals surface area contributed by atoms with Crippen LogP contribution >= 0.6 is 0 Å². The van der Waals surface area contributed by atoms with E-state index in [0.29, 0.717) is 0 Å². The van der Waals surface area contributed by atoms with Crippen LogP contribution in [0.15, 0.2) is 53.4 Å². The molecule has 0 fully saturated rings. The van der Waals surface area contributed by atoms with Crippen molar-refractivity contribution >= 4 is 21.4 Å². The predicted octanol–water partition coefficient (Wildman–Crippen LogP) is 3.73. The molecule has 0 atom stereocenters. The quantitative estimate of drug-likeness (QED) is 0.478. The van der Waals surface area contributed by atoms with Crippen molar-refractivity contribution in [3.63, 3.8) is 0 Å². The topological polar surface area (TPSA) is 124 Å². The van der Waals surface area contributed by atoms with Gasteiger partial charge in [0.05, 0.1) is 26.9 Å². The summed E-state index contributed by atoms with van der Waals surface area (Å²) in [5.74, 6) is -0.653. The van der Waals surface area contributed by atoms with Crippen molar-refractivity contribution in [3.8, 4) is 11.8 Å². The number of hydrogen-bond acceptors (Lipinski definition) is 7. The third-order valence-corrected chi connectivity index (χ3v) is 5.25. The number of sulfonamides is 1. The van der Waals surface area contributed by atoms with Crippen LogP contribution in [0.5, 0.6) is 11.8 Å². The van der Waals surface area contributed by atoms with Crippen molar-refractivity contribution in [1.29, 1.82) is 0 Å². The molecular weight excluding hydrogens is 403 g/mol. The van der Waals surface area contributed by atoms with Gasteiger partial charge < -0.3 is 4.74 Å². The minimum Gasteiger partial charge on any atom is -0.421 e. The van der Waals surface area contributed by atoms with Crippen LogP contribution in [0, 0.1) is 29.8 Å². The van der Waals surface area contributed by atoms with Crippen LogP contribution in [0.4, 0.5) is 15.8 Å². The highest BCUT2D eigenvalue weighted by molar-refractivity contribution is 7.92. The van der Waals surface area contributed by atoms with Gasteiger partial charge in [-0.1, -0.05) is 12.1 Å². The molecule has 0 aliphatic heterocycles. The lowest BCUT2D eigenvalue weighted by Crippen LogP contribution is -2.16. The van der Waals surface area contributed by atoms with E-state index in [1.165, 1.54) is 32.0 Å². The summed E-state index contributed by atoms with van der Waals surface area (Å²) in [7, 11) is -4.03. The zero-order chi connectivity index (χ0) is 21.2. The Balaban J connectivity index is 1.87. The second kappa shape index (κ2) is 7.80. The number of non-ortho nitro benzene ring substituents is 1. The Labute approximate surface area is 165 Å². The Morgan fingerprint density at radius 2 is 1.62 bits per heavy atom. The van der Waals surface area contributed by atoms with Gasteiger partial charge in [0.1, 0.15) is 0 Å². The van der Waals surface area contributed by atoms with Gasteiger partial charge in [0.2, 0.25) is 0 Å². The fraction of sp³-hybridized carbons (Fsp3) is 0.111. The molecule has 0 amide bonds. The van der Waals surface area contributed by atoms with Gasteiger partial charge in [-0.2, -0.15) is 9.97 Å². The SMILES string of the molecule is Cc1nc(Oc2ccccc2F)nc(C)c1NS(=O)(=O)c1ccc([N+](=O)[O-])cc1. The van der Waals surface area contributed by atoms with Gasteiger partial charge in [-0.25, -0.2) is 12.8 Å². The molecule has 9 nitrogen and oxygen atoms in total. The molecule has 0 radical (unpaired) electrons. The number of halogens is 1. The minimum absolute atomic E-state index is 0.0643. The van der Waals surface area contributed by atoms with Gasteiger partial charge in [0, 0.05) is 12.1 Å². The van der Waals surface area contributed by atoms with Crippen LogP contribution in [0.25, 0.3) is 0 Å². The first-order valence-corrected chi connectivity index (χ1v) is 9.70. The minimum atomic E-state index is -4.03. The molecule has 3 aromatic rings. The average Bonchev–Trinajstić information content (AvgIpc) is 2.67. The van der Waals surface area contributed by atoms with Crippen molar-refractivity contribution in [2.75, 3.05) is 4.72 Å². The fourth-order valence-corrected chi connectivity index (χ4v) is 3.62. The first kappa shape index (κ1) is 20.1. The summed E-state index contributed by atoms with van der Waals surface area (Å²) in [5.41, 5.74) is 0.419. The van der Waals surface area contributed by atoms with Crippen molar-refractivity contribution < 1.29 is 22.5 Å². The average molecular weight is 418 g/mol. The summed E-state index contributed by atoms with van der Waals surface area (Å²) < 4.78 is 46.6. The normalized spacial score (nSPS) is 11.1. The van der Waals surface area contributed by atoms with E-state index in [2.05, 4.69) is 14.7 Å². The maximum absolute atomic E-state index is 13.7. The van der Waals surface area contributed by atoms with Crippen LogP contribution in [-0.2, 0) is 10.0 Å². The van der Waals surface area contributed by atoms with Gasteiger partial charge in [0.15, 0.2) is 11.6 Å². The Morgan fingerprint density at radius 3 is 2.17 bits per heavy atom. The van der Waals surface area contributed by atoms with Crippen LogP contribution < -0.4 is 9.46 Å². The fourth-order valence-electron chi connectivity index (χ4n) is 2.45. The molecule has 0 aliphatic carbocycles. The number of para-hydroxylation sites is 1. The van der Waals surface area contributed by atoms with Crippen molar-refractivity contribution in [3.05, 3.63) is 75.9 Å². The van der Waals surface area contributed by atoms with Crippen LogP contribution in [0.3, 0.4) is 0 Å². The monoisotopic (exact) mass is 418 g/mol. The maximum atomic E-state index is 13.7. The molecule has 0 aliphatic rings. The first-order chi connectivity index (χ1) is 13.7. The molecular formula is C18H15FN4O5S. The number of nitrogens with one attached hydrogen (secondary N) is 1. The van der Waals surface area contributed by atoms with Gasteiger partial charge in [-0.3, -0.25) is 14.8 Å². The van der Waals surface area contributed by atoms with Crippen LogP contribution in [-0.4, -0.2) is 23.3 Å². The van der Waals surface area contributed by atoms with Crippen molar-refractivity contribution in [1.82, 2.24) is 9.97 Å². The summed E-state index contributed by atoms with van der Waals surface area (Å²) in [5, 5.41) is 10.7. The highest BCUT2D eigenvalue weighted by Crippen LogP contribution is 2.27. The molecule has 3 rings (SSSR count). The Kier molecular flexibility index (Phi) is 5.41. The number of nitrogens with zero attached hydrogens (tertiary/aromatic N) is 3. The van der Waals surface area contributed by atoms with E-state index in [1.807, 2.05) is 0 Å². The number of anilines is 1. The highest BCUT2D eigenvalue weighted by atomic mass is 32.2. The largest absolute Gasteiger partial charge is 0.421 e. The Hall–Kier alpha value is -3.60. The Bertz CT molecular complexity index is 1160. The summed E-state index contributed by atoms with van der Waals surface area (Å²) in [6.45, 7) is 3.08. The van der Waals surface area contributed by atoms with E-state index in [-0.39, 0.29) is 39.4 Å². The summed E-state index contributed by atoms with van der Waals surface area (Å²) in [6, 6.07) is 10.0. The van der Waals surface area contributed by atoms with E-state index < -0.39 is 20.8 Å². The molecule has 150 valence electrons. The lowest BCUT2D eigenvalue weighted by molar-refractivity contribution is -0.384. The molecule has 1 N–H and O–H groups in total. The van der Waals surface area contributed by atoms with E-state index in [1.54, 1.807) is 6.07 Å². The summed E-state index contributed by atoms with van der Waals surface area (Å²) >= 11 is 0. The van der Waals surface area contributed by atoms with Crippen LogP contribution in [0.2, 0.25) is 0 Å². The van der Waals surface area contributed by atoms with Crippen LogP contribution in [0.1, 0.15) is 11.4 Å². The van der Waals surface area contributed by atoms with Gasteiger partial charge in [0.25, 0.3) is 15.7 Å². The van der Waals surface area contributed by atoms with Crippen molar-refractivity contribution in [2.24, 2.45) is 0 Å². The molecule has 2 aromatic carbocycles. The third kappa shape index (κ3) is 4.46. The zero-order valence-electron chi connectivity index (χ0n) is 15.3. The number of ether oxygens (including phenoxy) is 1. The molecule has 0 saturated heterocycles. The lowest BCUT2D eigenvalue weighted by Gasteiger charge is -2.14.